The Hall–Kier alpha value is -2.67. The molecule has 0 amide bonds. The van der Waals surface area contributed by atoms with Crippen molar-refractivity contribution in [3.63, 3.8) is 0 Å². The fourth-order valence-electron chi connectivity index (χ4n) is 2.24. The summed E-state index contributed by atoms with van der Waals surface area (Å²) < 4.78 is 6.68. The molecular formula is C17H16N4O2S. The van der Waals surface area contributed by atoms with E-state index in [4.69, 9.17) is 4.74 Å². The highest BCUT2D eigenvalue weighted by Crippen LogP contribution is 2.25. The Bertz CT molecular complexity index is 849. The molecule has 0 aliphatic heterocycles. The molecule has 0 aliphatic rings. The van der Waals surface area contributed by atoms with Gasteiger partial charge >= 0.3 is 5.97 Å². The van der Waals surface area contributed by atoms with E-state index >= 15 is 0 Å². The number of nitrogens with zero attached hydrogens (tertiary/aromatic N) is 4. The van der Waals surface area contributed by atoms with Gasteiger partial charge in [0, 0.05) is 30.8 Å². The smallest absolute Gasteiger partial charge is 0.337 e. The average Bonchev–Trinajstić information content (AvgIpc) is 3.01. The molecule has 0 saturated heterocycles. The van der Waals surface area contributed by atoms with Crippen molar-refractivity contribution < 1.29 is 9.53 Å². The third-order valence-electron chi connectivity index (χ3n) is 3.47. The maximum Gasteiger partial charge on any atom is 0.337 e. The lowest BCUT2D eigenvalue weighted by Gasteiger charge is -2.05. The standard InChI is InChI=1S/C17H16N4O2S/c1-21-15(14-7-4-8-18-10-14)19-20-17(21)24-11-12-5-3-6-13(9-12)16(22)23-2/h3-10H,11H2,1-2H3. The summed E-state index contributed by atoms with van der Waals surface area (Å²) >= 11 is 1.56. The second kappa shape index (κ2) is 7.27. The van der Waals surface area contributed by atoms with Crippen LogP contribution < -0.4 is 0 Å². The first kappa shape index (κ1) is 16.2. The van der Waals surface area contributed by atoms with Gasteiger partial charge in [0.25, 0.3) is 0 Å². The van der Waals surface area contributed by atoms with Crippen LogP contribution in [0, 0.1) is 0 Å². The Balaban J connectivity index is 1.74. The maximum atomic E-state index is 11.6. The van der Waals surface area contributed by atoms with Crippen LogP contribution in [0.4, 0.5) is 0 Å². The lowest BCUT2D eigenvalue weighted by Crippen LogP contribution is -2.01. The van der Waals surface area contributed by atoms with E-state index in [0.717, 1.165) is 22.1 Å². The van der Waals surface area contributed by atoms with E-state index in [-0.39, 0.29) is 5.97 Å². The highest BCUT2D eigenvalue weighted by Gasteiger charge is 2.12. The number of carbonyl (C=O) groups is 1. The van der Waals surface area contributed by atoms with Crippen molar-refractivity contribution in [1.29, 1.82) is 0 Å². The second-order valence-electron chi connectivity index (χ2n) is 5.09. The number of rotatable bonds is 5. The molecule has 0 aliphatic carbocycles. The fourth-order valence-corrected chi connectivity index (χ4v) is 3.09. The fraction of sp³-hybridized carbons (Fsp3) is 0.176. The molecule has 3 rings (SSSR count). The van der Waals surface area contributed by atoms with E-state index in [1.807, 2.05) is 41.9 Å². The number of hydrogen-bond acceptors (Lipinski definition) is 6. The van der Waals surface area contributed by atoms with Gasteiger partial charge in [-0.2, -0.15) is 0 Å². The minimum Gasteiger partial charge on any atom is -0.465 e. The van der Waals surface area contributed by atoms with Crippen molar-refractivity contribution in [1.82, 2.24) is 19.7 Å². The zero-order chi connectivity index (χ0) is 16.9. The predicted octanol–water partition coefficient (Wildman–Crippen LogP) is 2.96. The normalized spacial score (nSPS) is 10.6. The number of aromatic nitrogens is 4. The van der Waals surface area contributed by atoms with Crippen molar-refractivity contribution in [2.45, 2.75) is 10.9 Å². The molecule has 0 unspecified atom stereocenters. The van der Waals surface area contributed by atoms with Gasteiger partial charge in [-0.05, 0) is 29.8 Å². The first-order valence-electron chi connectivity index (χ1n) is 7.29. The number of thioether (sulfide) groups is 1. The first-order valence-corrected chi connectivity index (χ1v) is 8.27. The van der Waals surface area contributed by atoms with Gasteiger partial charge in [-0.3, -0.25) is 4.98 Å². The molecule has 7 heteroatoms. The van der Waals surface area contributed by atoms with Crippen LogP contribution in [0.5, 0.6) is 0 Å². The van der Waals surface area contributed by atoms with E-state index in [1.54, 1.807) is 30.2 Å². The van der Waals surface area contributed by atoms with Gasteiger partial charge in [-0.15, -0.1) is 10.2 Å². The number of carbonyl (C=O) groups excluding carboxylic acids is 1. The Kier molecular flexibility index (Phi) is 4.90. The summed E-state index contributed by atoms with van der Waals surface area (Å²) in [5, 5.41) is 9.28. The number of methoxy groups -OCH3 is 1. The van der Waals surface area contributed by atoms with Gasteiger partial charge in [-0.1, -0.05) is 23.9 Å². The summed E-state index contributed by atoms with van der Waals surface area (Å²) in [4.78, 5) is 15.7. The highest BCUT2D eigenvalue weighted by atomic mass is 32.2. The van der Waals surface area contributed by atoms with Crippen LogP contribution in [0.3, 0.4) is 0 Å². The van der Waals surface area contributed by atoms with Crippen LogP contribution in [0.25, 0.3) is 11.4 Å². The molecule has 0 bridgehead atoms. The van der Waals surface area contributed by atoms with Gasteiger partial charge < -0.3 is 9.30 Å². The third kappa shape index (κ3) is 3.46. The molecule has 1 aromatic carbocycles. The molecule has 0 fully saturated rings. The molecule has 6 nitrogen and oxygen atoms in total. The molecule has 0 N–H and O–H groups in total. The topological polar surface area (TPSA) is 69.9 Å². The minimum absolute atomic E-state index is 0.334. The van der Waals surface area contributed by atoms with Crippen LogP contribution in [-0.4, -0.2) is 32.8 Å². The van der Waals surface area contributed by atoms with Crippen LogP contribution in [0.2, 0.25) is 0 Å². The molecule has 0 saturated carbocycles. The summed E-state index contributed by atoms with van der Waals surface area (Å²) in [5.41, 5.74) is 2.49. The Morgan fingerprint density at radius 2 is 2.12 bits per heavy atom. The van der Waals surface area contributed by atoms with Crippen LogP contribution in [0.1, 0.15) is 15.9 Å². The van der Waals surface area contributed by atoms with Crippen LogP contribution in [0.15, 0.2) is 53.9 Å². The van der Waals surface area contributed by atoms with Crippen molar-refractivity contribution in [2.24, 2.45) is 7.05 Å². The summed E-state index contributed by atoms with van der Waals surface area (Å²) in [5.74, 6) is 1.12. The summed E-state index contributed by atoms with van der Waals surface area (Å²) in [6.07, 6.45) is 3.49. The van der Waals surface area contributed by atoms with Gasteiger partial charge in [0.15, 0.2) is 11.0 Å². The number of ether oxygens (including phenoxy) is 1. The highest BCUT2D eigenvalue weighted by molar-refractivity contribution is 7.98. The van der Waals surface area contributed by atoms with Gasteiger partial charge in [0.1, 0.15) is 0 Å². The zero-order valence-corrected chi connectivity index (χ0v) is 14.2. The van der Waals surface area contributed by atoms with Crippen molar-refractivity contribution in [3.8, 4) is 11.4 Å². The quantitative estimate of drug-likeness (QED) is 0.525. The molecule has 24 heavy (non-hydrogen) atoms. The second-order valence-corrected chi connectivity index (χ2v) is 6.03. The van der Waals surface area contributed by atoms with Crippen molar-refractivity contribution in [3.05, 3.63) is 59.9 Å². The molecule has 2 heterocycles. The molecule has 0 atom stereocenters. The lowest BCUT2D eigenvalue weighted by molar-refractivity contribution is 0.0600. The van der Waals surface area contributed by atoms with E-state index in [9.17, 15) is 4.79 Å². The van der Waals surface area contributed by atoms with Crippen LogP contribution >= 0.6 is 11.8 Å². The number of hydrogen-bond donors (Lipinski definition) is 0. The number of benzene rings is 1. The molecule has 3 aromatic rings. The Morgan fingerprint density at radius 1 is 1.25 bits per heavy atom. The van der Waals surface area contributed by atoms with E-state index in [0.29, 0.717) is 11.3 Å². The molecule has 0 radical (unpaired) electrons. The van der Waals surface area contributed by atoms with Crippen molar-refractivity contribution in [2.75, 3.05) is 7.11 Å². The summed E-state index contributed by atoms with van der Waals surface area (Å²) in [7, 11) is 3.30. The summed E-state index contributed by atoms with van der Waals surface area (Å²) in [6.45, 7) is 0. The average molecular weight is 340 g/mol. The lowest BCUT2D eigenvalue weighted by atomic mass is 10.1. The Labute approximate surface area is 143 Å². The third-order valence-corrected chi connectivity index (χ3v) is 4.56. The maximum absolute atomic E-state index is 11.6. The summed E-state index contributed by atoms with van der Waals surface area (Å²) in [6, 6.07) is 11.2. The first-order chi connectivity index (χ1) is 11.7. The molecular weight excluding hydrogens is 324 g/mol. The zero-order valence-electron chi connectivity index (χ0n) is 13.3. The Morgan fingerprint density at radius 3 is 2.88 bits per heavy atom. The van der Waals surface area contributed by atoms with Crippen LogP contribution in [-0.2, 0) is 17.5 Å². The monoisotopic (exact) mass is 340 g/mol. The van der Waals surface area contributed by atoms with E-state index < -0.39 is 0 Å². The van der Waals surface area contributed by atoms with Crippen molar-refractivity contribution >= 4 is 17.7 Å². The minimum atomic E-state index is -0.334. The van der Waals surface area contributed by atoms with Gasteiger partial charge in [0.2, 0.25) is 0 Å². The molecule has 122 valence electrons. The van der Waals surface area contributed by atoms with E-state index in [1.165, 1.54) is 7.11 Å². The largest absolute Gasteiger partial charge is 0.465 e. The number of pyridine rings is 1. The molecule has 2 aromatic heterocycles. The predicted molar refractivity (Wildman–Crippen MR) is 91.6 cm³/mol. The van der Waals surface area contributed by atoms with Gasteiger partial charge in [-0.25, -0.2) is 4.79 Å². The van der Waals surface area contributed by atoms with E-state index in [2.05, 4.69) is 15.2 Å². The van der Waals surface area contributed by atoms with Gasteiger partial charge in [0.05, 0.1) is 12.7 Å². The number of esters is 1. The SMILES string of the molecule is COC(=O)c1cccc(CSc2nnc(-c3cccnc3)n2C)c1. The molecule has 0 spiro atoms.